The van der Waals surface area contributed by atoms with Crippen molar-refractivity contribution in [3.63, 3.8) is 0 Å². The van der Waals surface area contributed by atoms with Crippen LogP contribution in [0.15, 0.2) is 12.3 Å². The molecule has 0 N–H and O–H groups in total. The van der Waals surface area contributed by atoms with Crippen molar-refractivity contribution in [3.05, 3.63) is 23.2 Å². The fourth-order valence-corrected chi connectivity index (χ4v) is 1.55. The van der Waals surface area contributed by atoms with E-state index in [2.05, 4.69) is 14.9 Å². The summed E-state index contributed by atoms with van der Waals surface area (Å²) in [5.41, 5.74) is 1.03. The van der Waals surface area contributed by atoms with Crippen LogP contribution in [0.2, 0.25) is 5.28 Å². The summed E-state index contributed by atoms with van der Waals surface area (Å²) < 4.78 is 0. The molecule has 1 aromatic heterocycles. The maximum Gasteiger partial charge on any atom is 0.222 e. The van der Waals surface area contributed by atoms with Crippen molar-refractivity contribution in [1.29, 1.82) is 0 Å². The molecular formula is C9H12ClN3. The van der Waals surface area contributed by atoms with Gasteiger partial charge in [-0.25, -0.2) is 9.97 Å². The predicted octanol–water partition coefficient (Wildman–Crippen LogP) is 1.38. The van der Waals surface area contributed by atoms with Crippen LogP contribution in [0.25, 0.3) is 0 Å². The first kappa shape index (κ1) is 8.91. The van der Waals surface area contributed by atoms with E-state index in [4.69, 9.17) is 11.6 Å². The Bertz CT molecular complexity index is 286. The molecule has 0 unspecified atom stereocenters. The molecule has 3 nitrogen and oxygen atoms in total. The van der Waals surface area contributed by atoms with Gasteiger partial charge < -0.3 is 4.90 Å². The highest BCUT2D eigenvalue weighted by Crippen LogP contribution is 2.07. The number of hydrogen-bond acceptors (Lipinski definition) is 3. The van der Waals surface area contributed by atoms with E-state index in [-0.39, 0.29) is 0 Å². The van der Waals surface area contributed by atoms with E-state index in [1.165, 1.54) is 19.5 Å². The monoisotopic (exact) mass is 197 g/mol. The lowest BCUT2D eigenvalue weighted by molar-refractivity contribution is 0.183. The van der Waals surface area contributed by atoms with E-state index >= 15 is 0 Å². The van der Waals surface area contributed by atoms with Crippen LogP contribution in [0.1, 0.15) is 12.1 Å². The molecule has 70 valence electrons. The number of rotatable bonds is 3. The van der Waals surface area contributed by atoms with Gasteiger partial charge in [0.05, 0.1) is 0 Å². The molecule has 2 heterocycles. The summed E-state index contributed by atoms with van der Waals surface area (Å²) in [4.78, 5) is 10.4. The van der Waals surface area contributed by atoms with Gasteiger partial charge >= 0.3 is 0 Å². The fourth-order valence-electron chi connectivity index (χ4n) is 1.39. The second-order valence-electron chi connectivity index (χ2n) is 3.26. The highest BCUT2D eigenvalue weighted by molar-refractivity contribution is 6.28. The van der Waals surface area contributed by atoms with Gasteiger partial charge in [0.2, 0.25) is 5.28 Å². The predicted molar refractivity (Wildman–Crippen MR) is 51.8 cm³/mol. The van der Waals surface area contributed by atoms with Gasteiger partial charge in [0, 0.05) is 24.9 Å². The molecule has 0 bridgehead atoms. The highest BCUT2D eigenvalue weighted by atomic mass is 35.5. The minimum atomic E-state index is 0.348. The lowest BCUT2D eigenvalue weighted by Crippen LogP contribution is -2.38. The minimum absolute atomic E-state index is 0.348. The Balaban J connectivity index is 1.86. The van der Waals surface area contributed by atoms with Crippen molar-refractivity contribution in [2.75, 3.05) is 19.6 Å². The van der Waals surface area contributed by atoms with Crippen LogP contribution in [-0.2, 0) is 6.42 Å². The Morgan fingerprint density at radius 1 is 1.46 bits per heavy atom. The fraction of sp³-hybridized carbons (Fsp3) is 0.556. The SMILES string of the molecule is Clc1nccc(CCN2CCC2)n1. The van der Waals surface area contributed by atoms with Crippen molar-refractivity contribution in [1.82, 2.24) is 14.9 Å². The zero-order valence-electron chi connectivity index (χ0n) is 7.41. The number of nitrogens with zero attached hydrogens (tertiary/aromatic N) is 3. The zero-order chi connectivity index (χ0) is 9.10. The van der Waals surface area contributed by atoms with Gasteiger partial charge in [-0.3, -0.25) is 0 Å². The molecule has 1 fully saturated rings. The summed E-state index contributed by atoms with van der Waals surface area (Å²) in [7, 11) is 0. The van der Waals surface area contributed by atoms with Crippen molar-refractivity contribution in [2.45, 2.75) is 12.8 Å². The molecule has 0 spiro atoms. The second kappa shape index (κ2) is 4.03. The third-order valence-electron chi connectivity index (χ3n) is 2.32. The van der Waals surface area contributed by atoms with Gasteiger partial charge in [-0.1, -0.05) is 0 Å². The topological polar surface area (TPSA) is 29.0 Å². The molecule has 0 amide bonds. The third-order valence-corrected chi connectivity index (χ3v) is 2.50. The molecule has 1 aliphatic rings. The Morgan fingerprint density at radius 3 is 2.92 bits per heavy atom. The molecule has 0 aliphatic carbocycles. The van der Waals surface area contributed by atoms with Gasteiger partial charge in [0.1, 0.15) is 0 Å². The Kier molecular flexibility index (Phi) is 2.76. The Hall–Kier alpha value is -0.670. The van der Waals surface area contributed by atoms with Gasteiger partial charge in [-0.2, -0.15) is 0 Å². The Morgan fingerprint density at radius 2 is 2.31 bits per heavy atom. The van der Waals surface area contributed by atoms with E-state index in [1.54, 1.807) is 6.20 Å². The standard InChI is InChI=1S/C9H12ClN3/c10-9-11-4-2-8(12-9)3-7-13-5-1-6-13/h2,4H,1,3,5-7H2. The maximum absolute atomic E-state index is 5.67. The largest absolute Gasteiger partial charge is 0.303 e. The van der Waals surface area contributed by atoms with Crippen LogP contribution in [-0.4, -0.2) is 34.5 Å². The summed E-state index contributed by atoms with van der Waals surface area (Å²) in [6, 6.07) is 1.92. The molecule has 0 saturated carbocycles. The quantitative estimate of drug-likeness (QED) is 0.686. The van der Waals surface area contributed by atoms with Crippen molar-refractivity contribution < 1.29 is 0 Å². The Labute approximate surface area is 82.8 Å². The third kappa shape index (κ3) is 2.39. The smallest absolute Gasteiger partial charge is 0.222 e. The summed E-state index contributed by atoms with van der Waals surface area (Å²) in [5, 5.41) is 0.348. The van der Waals surface area contributed by atoms with Crippen LogP contribution in [0, 0.1) is 0 Å². The zero-order valence-corrected chi connectivity index (χ0v) is 8.17. The molecule has 0 aromatic carbocycles. The van der Waals surface area contributed by atoms with Gasteiger partial charge in [-0.05, 0) is 37.2 Å². The summed E-state index contributed by atoms with van der Waals surface area (Å²) in [5.74, 6) is 0. The highest BCUT2D eigenvalue weighted by Gasteiger charge is 2.12. The summed E-state index contributed by atoms with van der Waals surface area (Å²) >= 11 is 5.67. The molecule has 1 aliphatic heterocycles. The van der Waals surface area contributed by atoms with E-state index in [1.807, 2.05) is 6.07 Å². The lowest BCUT2D eigenvalue weighted by Gasteiger charge is -2.30. The van der Waals surface area contributed by atoms with Crippen LogP contribution in [0.5, 0.6) is 0 Å². The number of likely N-dealkylation sites (tertiary alicyclic amines) is 1. The molecule has 0 radical (unpaired) electrons. The average Bonchev–Trinajstić information content (AvgIpc) is 2.01. The van der Waals surface area contributed by atoms with Crippen LogP contribution < -0.4 is 0 Å². The maximum atomic E-state index is 5.67. The van der Waals surface area contributed by atoms with E-state index < -0.39 is 0 Å². The van der Waals surface area contributed by atoms with Gasteiger partial charge in [0.25, 0.3) is 0 Å². The first-order chi connectivity index (χ1) is 6.34. The van der Waals surface area contributed by atoms with Crippen LogP contribution in [0.3, 0.4) is 0 Å². The number of halogens is 1. The summed E-state index contributed by atoms with van der Waals surface area (Å²) in [6.45, 7) is 3.56. The lowest BCUT2D eigenvalue weighted by atomic mass is 10.2. The van der Waals surface area contributed by atoms with E-state index in [0.717, 1.165) is 18.7 Å². The molecule has 13 heavy (non-hydrogen) atoms. The number of aromatic nitrogens is 2. The van der Waals surface area contributed by atoms with Gasteiger partial charge in [-0.15, -0.1) is 0 Å². The molecule has 2 rings (SSSR count). The molecular weight excluding hydrogens is 186 g/mol. The van der Waals surface area contributed by atoms with Crippen molar-refractivity contribution in [2.24, 2.45) is 0 Å². The van der Waals surface area contributed by atoms with Crippen molar-refractivity contribution in [3.8, 4) is 0 Å². The molecule has 4 heteroatoms. The van der Waals surface area contributed by atoms with E-state index in [9.17, 15) is 0 Å². The van der Waals surface area contributed by atoms with Crippen LogP contribution >= 0.6 is 11.6 Å². The second-order valence-corrected chi connectivity index (χ2v) is 3.60. The first-order valence-electron chi connectivity index (χ1n) is 4.54. The summed E-state index contributed by atoms with van der Waals surface area (Å²) in [6.07, 6.45) is 4.02. The van der Waals surface area contributed by atoms with E-state index in [0.29, 0.717) is 5.28 Å². The molecule has 1 aromatic rings. The van der Waals surface area contributed by atoms with Crippen LogP contribution in [0.4, 0.5) is 0 Å². The molecule has 0 atom stereocenters. The number of hydrogen-bond donors (Lipinski definition) is 0. The average molecular weight is 198 g/mol. The molecule has 1 saturated heterocycles. The van der Waals surface area contributed by atoms with Crippen molar-refractivity contribution >= 4 is 11.6 Å². The normalized spacial score (nSPS) is 17.0. The van der Waals surface area contributed by atoms with Gasteiger partial charge in [0.15, 0.2) is 0 Å². The minimum Gasteiger partial charge on any atom is -0.303 e. The first-order valence-corrected chi connectivity index (χ1v) is 4.92.